The van der Waals surface area contributed by atoms with Crippen LogP contribution >= 0.6 is 11.6 Å². The molecule has 2 atom stereocenters. The maximum atomic E-state index is 9.86. The van der Waals surface area contributed by atoms with E-state index >= 15 is 0 Å². The van der Waals surface area contributed by atoms with Crippen LogP contribution in [0.15, 0.2) is 18.2 Å². The average Bonchev–Trinajstić information content (AvgIpc) is 2.27. The highest BCUT2D eigenvalue weighted by atomic mass is 35.5. The van der Waals surface area contributed by atoms with Crippen LogP contribution in [-0.4, -0.2) is 17.3 Å². The number of rotatable bonds is 2. The number of hydrogen-bond donors (Lipinski definition) is 2. The van der Waals surface area contributed by atoms with Gasteiger partial charge in [0.1, 0.15) is 0 Å². The van der Waals surface area contributed by atoms with Crippen molar-refractivity contribution in [2.75, 3.05) is 5.32 Å². The van der Waals surface area contributed by atoms with E-state index in [-0.39, 0.29) is 12.1 Å². The summed E-state index contributed by atoms with van der Waals surface area (Å²) in [5.41, 5.74) is 2.08. The summed E-state index contributed by atoms with van der Waals surface area (Å²) < 4.78 is 0. The zero-order valence-corrected chi connectivity index (χ0v) is 10.3. The molecule has 1 aromatic carbocycles. The highest BCUT2D eigenvalue weighted by molar-refractivity contribution is 6.31. The number of aryl methyl sites for hydroxylation is 1. The number of aliphatic hydroxyl groups is 1. The lowest BCUT2D eigenvalue weighted by molar-refractivity contribution is 0.116. The number of aliphatic hydroxyl groups excluding tert-OH is 1. The molecule has 2 unspecified atom stereocenters. The predicted molar refractivity (Wildman–Crippen MR) is 68.1 cm³/mol. The van der Waals surface area contributed by atoms with Crippen LogP contribution in [0.25, 0.3) is 0 Å². The molecule has 0 heterocycles. The van der Waals surface area contributed by atoms with Crippen LogP contribution in [0, 0.1) is 6.92 Å². The molecule has 88 valence electrons. The van der Waals surface area contributed by atoms with Gasteiger partial charge in [-0.25, -0.2) is 0 Å². The zero-order valence-electron chi connectivity index (χ0n) is 9.54. The van der Waals surface area contributed by atoms with Gasteiger partial charge in [0.2, 0.25) is 0 Å². The van der Waals surface area contributed by atoms with Crippen LogP contribution in [0.2, 0.25) is 5.02 Å². The van der Waals surface area contributed by atoms with Gasteiger partial charge in [0.05, 0.1) is 12.1 Å². The molecule has 0 bridgehead atoms. The summed E-state index contributed by atoms with van der Waals surface area (Å²) in [5.74, 6) is 0. The third-order valence-corrected chi connectivity index (χ3v) is 3.66. The first-order chi connectivity index (χ1) is 7.66. The lowest BCUT2D eigenvalue weighted by Crippen LogP contribution is -2.36. The third kappa shape index (κ3) is 2.69. The van der Waals surface area contributed by atoms with E-state index in [2.05, 4.69) is 5.32 Å². The molecule has 3 heteroatoms. The Hall–Kier alpha value is -0.730. The molecule has 0 saturated heterocycles. The number of nitrogens with one attached hydrogen (secondary N) is 1. The molecule has 1 fully saturated rings. The maximum Gasteiger partial charge on any atom is 0.0741 e. The molecule has 0 amide bonds. The van der Waals surface area contributed by atoms with E-state index in [1.807, 2.05) is 25.1 Å². The average molecular weight is 240 g/mol. The minimum absolute atomic E-state index is 0.174. The summed E-state index contributed by atoms with van der Waals surface area (Å²) >= 11 is 6.07. The first kappa shape index (κ1) is 11.7. The quantitative estimate of drug-likeness (QED) is 0.830. The number of hydrogen-bond acceptors (Lipinski definition) is 2. The van der Waals surface area contributed by atoms with Crippen LogP contribution < -0.4 is 5.32 Å². The van der Waals surface area contributed by atoms with Gasteiger partial charge in [0, 0.05) is 10.7 Å². The van der Waals surface area contributed by atoms with E-state index in [0.717, 1.165) is 35.5 Å². The Labute approximate surface area is 102 Å². The van der Waals surface area contributed by atoms with Crippen molar-refractivity contribution in [2.45, 2.75) is 44.8 Å². The largest absolute Gasteiger partial charge is 0.391 e. The summed E-state index contributed by atoms with van der Waals surface area (Å²) in [6.45, 7) is 1.99. The summed E-state index contributed by atoms with van der Waals surface area (Å²) in [7, 11) is 0. The Bertz CT molecular complexity index is 367. The van der Waals surface area contributed by atoms with Crippen LogP contribution in [-0.2, 0) is 0 Å². The SMILES string of the molecule is Cc1ccc(NC2CCCCC2O)cc1Cl. The van der Waals surface area contributed by atoms with Gasteiger partial charge in [0.25, 0.3) is 0 Å². The summed E-state index contributed by atoms with van der Waals surface area (Å²) in [4.78, 5) is 0. The maximum absolute atomic E-state index is 9.86. The molecular weight excluding hydrogens is 222 g/mol. The molecule has 1 aliphatic carbocycles. The fourth-order valence-corrected chi connectivity index (χ4v) is 2.36. The molecule has 0 radical (unpaired) electrons. The summed E-state index contributed by atoms with van der Waals surface area (Å²) in [6, 6.07) is 6.12. The molecule has 2 rings (SSSR count). The first-order valence-electron chi connectivity index (χ1n) is 5.87. The predicted octanol–water partition coefficient (Wildman–Crippen LogP) is 3.36. The second-order valence-electron chi connectivity index (χ2n) is 4.57. The van der Waals surface area contributed by atoms with Crippen molar-refractivity contribution < 1.29 is 5.11 Å². The monoisotopic (exact) mass is 239 g/mol. The van der Waals surface area contributed by atoms with Crippen LogP contribution in [0.3, 0.4) is 0 Å². The minimum atomic E-state index is -0.228. The Balaban J connectivity index is 2.05. The fourth-order valence-electron chi connectivity index (χ4n) is 2.18. The molecule has 1 saturated carbocycles. The van der Waals surface area contributed by atoms with Gasteiger partial charge in [-0.3, -0.25) is 0 Å². The number of benzene rings is 1. The van der Waals surface area contributed by atoms with E-state index in [9.17, 15) is 5.11 Å². The van der Waals surface area contributed by atoms with Gasteiger partial charge in [-0.2, -0.15) is 0 Å². The van der Waals surface area contributed by atoms with Crippen molar-refractivity contribution in [3.8, 4) is 0 Å². The van der Waals surface area contributed by atoms with Gasteiger partial charge < -0.3 is 10.4 Å². The van der Waals surface area contributed by atoms with Crippen molar-refractivity contribution in [3.63, 3.8) is 0 Å². The van der Waals surface area contributed by atoms with E-state index in [1.54, 1.807) is 0 Å². The van der Waals surface area contributed by atoms with E-state index < -0.39 is 0 Å². The smallest absolute Gasteiger partial charge is 0.0741 e. The van der Waals surface area contributed by atoms with Crippen molar-refractivity contribution in [2.24, 2.45) is 0 Å². The highest BCUT2D eigenvalue weighted by Gasteiger charge is 2.22. The van der Waals surface area contributed by atoms with Crippen molar-refractivity contribution in [3.05, 3.63) is 28.8 Å². The molecule has 0 aromatic heterocycles. The Morgan fingerprint density at radius 1 is 1.31 bits per heavy atom. The Kier molecular flexibility index (Phi) is 3.72. The molecule has 0 aliphatic heterocycles. The van der Waals surface area contributed by atoms with Gasteiger partial charge in [0.15, 0.2) is 0 Å². The van der Waals surface area contributed by atoms with Gasteiger partial charge >= 0.3 is 0 Å². The molecular formula is C13H18ClNO. The molecule has 2 nitrogen and oxygen atoms in total. The lowest BCUT2D eigenvalue weighted by Gasteiger charge is -2.29. The van der Waals surface area contributed by atoms with E-state index in [1.165, 1.54) is 6.42 Å². The van der Waals surface area contributed by atoms with Gasteiger partial charge in [-0.05, 0) is 37.5 Å². The molecule has 2 N–H and O–H groups in total. The van der Waals surface area contributed by atoms with Crippen LogP contribution in [0.1, 0.15) is 31.2 Å². The van der Waals surface area contributed by atoms with Crippen molar-refractivity contribution in [1.82, 2.24) is 0 Å². The van der Waals surface area contributed by atoms with E-state index in [4.69, 9.17) is 11.6 Å². The Morgan fingerprint density at radius 2 is 2.06 bits per heavy atom. The van der Waals surface area contributed by atoms with Crippen molar-refractivity contribution >= 4 is 17.3 Å². The molecule has 1 aromatic rings. The normalized spacial score (nSPS) is 25.4. The van der Waals surface area contributed by atoms with E-state index in [0.29, 0.717) is 0 Å². The molecule has 0 spiro atoms. The Morgan fingerprint density at radius 3 is 2.75 bits per heavy atom. The van der Waals surface area contributed by atoms with Gasteiger partial charge in [-0.15, -0.1) is 0 Å². The second kappa shape index (κ2) is 5.07. The van der Waals surface area contributed by atoms with Crippen molar-refractivity contribution in [1.29, 1.82) is 0 Å². The highest BCUT2D eigenvalue weighted by Crippen LogP contribution is 2.25. The number of anilines is 1. The molecule has 16 heavy (non-hydrogen) atoms. The molecule has 1 aliphatic rings. The lowest BCUT2D eigenvalue weighted by atomic mass is 9.92. The minimum Gasteiger partial charge on any atom is -0.391 e. The topological polar surface area (TPSA) is 32.3 Å². The van der Waals surface area contributed by atoms with Crippen LogP contribution in [0.5, 0.6) is 0 Å². The van der Waals surface area contributed by atoms with Gasteiger partial charge in [-0.1, -0.05) is 30.5 Å². The standard InChI is InChI=1S/C13H18ClNO/c1-9-6-7-10(8-11(9)14)15-12-4-2-3-5-13(12)16/h6-8,12-13,15-16H,2-5H2,1H3. The van der Waals surface area contributed by atoms with Crippen LogP contribution in [0.4, 0.5) is 5.69 Å². The zero-order chi connectivity index (χ0) is 11.5. The number of halogens is 1. The second-order valence-corrected chi connectivity index (χ2v) is 4.97. The fraction of sp³-hybridized carbons (Fsp3) is 0.538. The summed E-state index contributed by atoms with van der Waals surface area (Å²) in [6.07, 6.45) is 4.03. The summed E-state index contributed by atoms with van der Waals surface area (Å²) in [5, 5.41) is 14.0. The first-order valence-corrected chi connectivity index (χ1v) is 6.25. The third-order valence-electron chi connectivity index (χ3n) is 3.25.